The molecule has 0 fully saturated rings. The number of nitrogens with one attached hydrogen (secondary N) is 2. The van der Waals surface area contributed by atoms with Crippen LogP contribution in [0.1, 0.15) is 59.2 Å². The predicted molar refractivity (Wildman–Crippen MR) is 159 cm³/mol. The maximum Gasteiger partial charge on any atom is 0.246 e. The van der Waals surface area contributed by atoms with E-state index in [9.17, 15) is 19.2 Å². The topological polar surface area (TPSA) is 122 Å². The number of unbranched alkanes of at least 4 members (excludes halogenated alkanes) is 1. The van der Waals surface area contributed by atoms with Crippen molar-refractivity contribution in [2.24, 2.45) is 5.73 Å². The van der Waals surface area contributed by atoms with Crippen LogP contribution in [0.5, 0.6) is 0 Å². The van der Waals surface area contributed by atoms with E-state index in [4.69, 9.17) is 5.73 Å². The molecule has 214 valence electrons. The molecule has 0 aliphatic carbocycles. The van der Waals surface area contributed by atoms with Crippen LogP contribution in [-0.2, 0) is 27.3 Å². The van der Waals surface area contributed by atoms with Gasteiger partial charge in [-0.1, -0.05) is 72.3 Å². The molecule has 0 radical (unpaired) electrons. The highest BCUT2D eigenvalue weighted by Gasteiger charge is 2.36. The highest BCUT2D eigenvalue weighted by atomic mass is 16.2. The number of carbonyl (C=O) groups is 4. The molecular formula is C33H38N4O4. The molecular weight excluding hydrogens is 516 g/mol. The van der Waals surface area contributed by atoms with Crippen molar-refractivity contribution in [3.63, 3.8) is 0 Å². The number of nitrogens with zero attached hydrogens (tertiary/aromatic N) is 1. The zero-order chi connectivity index (χ0) is 29.2. The molecule has 1 aliphatic rings. The van der Waals surface area contributed by atoms with Crippen LogP contribution in [0.25, 0.3) is 0 Å². The first-order valence-electron chi connectivity index (χ1n) is 14.2. The third-order valence-electron chi connectivity index (χ3n) is 7.43. The van der Waals surface area contributed by atoms with Crippen molar-refractivity contribution >= 4 is 29.2 Å². The van der Waals surface area contributed by atoms with Crippen molar-refractivity contribution in [1.29, 1.82) is 0 Å². The fourth-order valence-corrected chi connectivity index (χ4v) is 5.05. The van der Waals surface area contributed by atoms with Gasteiger partial charge in [-0.05, 0) is 56.0 Å². The summed E-state index contributed by atoms with van der Waals surface area (Å²) in [7, 11) is 0. The summed E-state index contributed by atoms with van der Waals surface area (Å²) in [6.07, 6.45) is 2.18. The molecule has 4 N–H and O–H groups in total. The normalized spacial score (nSPS) is 15.0. The van der Waals surface area contributed by atoms with E-state index in [1.54, 1.807) is 29.2 Å². The van der Waals surface area contributed by atoms with Gasteiger partial charge in [0.05, 0.1) is 0 Å². The van der Waals surface area contributed by atoms with Gasteiger partial charge in [0.1, 0.15) is 12.1 Å². The SMILES string of the molecule is Cc1ccc(NC(=O)[C@H](CCCCN)NC(=O)[C@@H]2Cc3ccccc3CN2C(=O)CCC(=O)c2ccccc2)cc1. The lowest BCUT2D eigenvalue weighted by atomic mass is 9.92. The molecule has 1 aliphatic heterocycles. The van der Waals surface area contributed by atoms with Gasteiger partial charge in [0.15, 0.2) is 5.78 Å². The van der Waals surface area contributed by atoms with Gasteiger partial charge in [-0.3, -0.25) is 19.2 Å². The Bertz CT molecular complexity index is 1360. The number of carbonyl (C=O) groups excluding carboxylic acids is 4. The highest BCUT2D eigenvalue weighted by Crippen LogP contribution is 2.25. The third-order valence-corrected chi connectivity index (χ3v) is 7.43. The van der Waals surface area contributed by atoms with E-state index in [0.29, 0.717) is 37.1 Å². The minimum absolute atomic E-state index is 0.00644. The lowest BCUT2D eigenvalue weighted by Crippen LogP contribution is -2.56. The second kappa shape index (κ2) is 14.4. The first-order chi connectivity index (χ1) is 19.9. The summed E-state index contributed by atoms with van der Waals surface area (Å²) in [5.74, 6) is -1.10. The molecule has 8 heteroatoms. The fourth-order valence-electron chi connectivity index (χ4n) is 5.05. The molecule has 0 bridgehead atoms. The average molecular weight is 555 g/mol. The first-order valence-corrected chi connectivity index (χ1v) is 14.2. The Labute approximate surface area is 241 Å². The third kappa shape index (κ3) is 8.11. The van der Waals surface area contributed by atoms with Crippen LogP contribution in [0.3, 0.4) is 0 Å². The average Bonchev–Trinajstić information content (AvgIpc) is 3.00. The number of aryl methyl sites for hydroxylation is 1. The number of nitrogens with two attached hydrogens (primary N) is 1. The van der Waals surface area contributed by atoms with Crippen LogP contribution in [0.2, 0.25) is 0 Å². The summed E-state index contributed by atoms with van der Waals surface area (Å²) in [5, 5.41) is 5.83. The van der Waals surface area contributed by atoms with Crippen LogP contribution in [0, 0.1) is 6.92 Å². The van der Waals surface area contributed by atoms with Gasteiger partial charge in [-0.15, -0.1) is 0 Å². The Balaban J connectivity index is 1.49. The Morgan fingerprint density at radius 2 is 1.56 bits per heavy atom. The molecule has 0 unspecified atom stereocenters. The van der Waals surface area contributed by atoms with E-state index in [0.717, 1.165) is 23.1 Å². The van der Waals surface area contributed by atoms with Crippen molar-refractivity contribution in [3.05, 3.63) is 101 Å². The predicted octanol–water partition coefficient (Wildman–Crippen LogP) is 4.16. The molecule has 3 amide bonds. The molecule has 41 heavy (non-hydrogen) atoms. The Morgan fingerprint density at radius 3 is 2.27 bits per heavy atom. The van der Waals surface area contributed by atoms with Gasteiger partial charge >= 0.3 is 0 Å². The quantitative estimate of drug-likeness (QED) is 0.229. The maximum atomic E-state index is 13.8. The molecule has 0 spiro atoms. The minimum Gasteiger partial charge on any atom is -0.342 e. The molecule has 2 atom stereocenters. The van der Waals surface area contributed by atoms with E-state index in [1.165, 1.54) is 0 Å². The zero-order valence-electron chi connectivity index (χ0n) is 23.5. The van der Waals surface area contributed by atoms with E-state index in [2.05, 4.69) is 10.6 Å². The molecule has 1 heterocycles. The number of fused-ring (bicyclic) bond motifs is 1. The van der Waals surface area contributed by atoms with Crippen molar-refractivity contribution in [2.45, 2.75) is 64.1 Å². The first kappa shape index (κ1) is 29.7. The van der Waals surface area contributed by atoms with E-state index in [-0.39, 0.29) is 42.9 Å². The van der Waals surface area contributed by atoms with Crippen LogP contribution in [0.4, 0.5) is 5.69 Å². The minimum atomic E-state index is -0.798. The summed E-state index contributed by atoms with van der Waals surface area (Å²) in [6.45, 7) is 2.72. The zero-order valence-corrected chi connectivity index (χ0v) is 23.5. The number of ketones is 1. The lowest BCUT2D eigenvalue weighted by molar-refractivity contribution is -0.142. The number of Topliss-reactive ketones (excluding diaryl/α,β-unsaturated/α-hetero) is 1. The Hall–Kier alpha value is -4.30. The van der Waals surface area contributed by atoms with Gasteiger partial charge in [0, 0.05) is 37.1 Å². The molecule has 0 saturated heterocycles. The van der Waals surface area contributed by atoms with Gasteiger partial charge < -0.3 is 21.3 Å². The van der Waals surface area contributed by atoms with E-state index >= 15 is 0 Å². The van der Waals surface area contributed by atoms with E-state index in [1.807, 2.05) is 61.5 Å². The molecule has 8 nitrogen and oxygen atoms in total. The maximum absolute atomic E-state index is 13.8. The fraction of sp³-hybridized carbons (Fsp3) is 0.333. The van der Waals surface area contributed by atoms with Crippen LogP contribution in [0.15, 0.2) is 78.9 Å². The number of amides is 3. The van der Waals surface area contributed by atoms with Gasteiger partial charge in [0.25, 0.3) is 0 Å². The van der Waals surface area contributed by atoms with Crippen LogP contribution in [-0.4, -0.2) is 47.0 Å². The standard InChI is InChI=1S/C33H38N4O4/c1-23-14-16-27(17-15-23)35-32(40)28(13-7-8-20-34)36-33(41)29-21-25-11-5-6-12-26(25)22-37(29)31(39)19-18-30(38)24-9-3-2-4-10-24/h2-6,9-12,14-17,28-29H,7-8,13,18-22,34H2,1H3,(H,35,40)(H,36,41)/t28-,29-/m0/s1. The molecule has 0 saturated carbocycles. The van der Waals surface area contributed by atoms with Crippen molar-refractivity contribution in [3.8, 4) is 0 Å². The molecule has 3 aromatic carbocycles. The monoisotopic (exact) mass is 554 g/mol. The number of hydrogen-bond donors (Lipinski definition) is 3. The second-order valence-electron chi connectivity index (χ2n) is 10.5. The number of hydrogen-bond acceptors (Lipinski definition) is 5. The van der Waals surface area contributed by atoms with Crippen LogP contribution >= 0.6 is 0 Å². The Morgan fingerprint density at radius 1 is 0.878 bits per heavy atom. The van der Waals surface area contributed by atoms with E-state index < -0.39 is 12.1 Å². The lowest BCUT2D eigenvalue weighted by Gasteiger charge is -2.37. The van der Waals surface area contributed by atoms with Crippen molar-refractivity contribution < 1.29 is 19.2 Å². The number of rotatable bonds is 12. The van der Waals surface area contributed by atoms with Crippen molar-refractivity contribution in [2.75, 3.05) is 11.9 Å². The largest absolute Gasteiger partial charge is 0.342 e. The highest BCUT2D eigenvalue weighted by molar-refractivity contribution is 6.00. The van der Waals surface area contributed by atoms with Crippen LogP contribution < -0.4 is 16.4 Å². The summed E-state index contributed by atoms with van der Waals surface area (Å²) < 4.78 is 0. The summed E-state index contributed by atoms with van der Waals surface area (Å²) in [6, 6.07) is 22.5. The molecule has 0 aromatic heterocycles. The molecule has 3 aromatic rings. The van der Waals surface area contributed by atoms with Crippen molar-refractivity contribution in [1.82, 2.24) is 10.2 Å². The smallest absolute Gasteiger partial charge is 0.246 e. The molecule has 4 rings (SSSR count). The Kier molecular flexibility index (Phi) is 10.4. The number of anilines is 1. The van der Waals surface area contributed by atoms with Gasteiger partial charge in [0.2, 0.25) is 17.7 Å². The summed E-state index contributed by atoms with van der Waals surface area (Å²) in [4.78, 5) is 54.7. The summed E-state index contributed by atoms with van der Waals surface area (Å²) >= 11 is 0. The second-order valence-corrected chi connectivity index (χ2v) is 10.5. The summed E-state index contributed by atoms with van der Waals surface area (Å²) in [5.41, 5.74) is 9.90. The number of benzene rings is 3. The van der Waals surface area contributed by atoms with Gasteiger partial charge in [-0.2, -0.15) is 0 Å². The van der Waals surface area contributed by atoms with Gasteiger partial charge in [-0.25, -0.2) is 0 Å².